The van der Waals surface area contributed by atoms with Gasteiger partial charge in [-0.05, 0) is 63.8 Å². The molecule has 0 aromatic heterocycles. The Labute approximate surface area is 200 Å². The summed E-state index contributed by atoms with van der Waals surface area (Å²) >= 11 is 0. The van der Waals surface area contributed by atoms with E-state index in [9.17, 15) is 4.79 Å². The zero-order valence-corrected chi connectivity index (χ0v) is 24.1. The van der Waals surface area contributed by atoms with Gasteiger partial charge < -0.3 is 8.85 Å². The normalized spacial score (nSPS) is 12.1. The Morgan fingerprint density at radius 2 is 1.22 bits per heavy atom. The highest BCUT2D eigenvalue weighted by Gasteiger charge is 2.27. The van der Waals surface area contributed by atoms with Gasteiger partial charge in [0.2, 0.25) is 16.6 Å². The van der Waals surface area contributed by atoms with Gasteiger partial charge in [-0.15, -0.1) is 0 Å². The number of rotatable bonds is 17. The van der Waals surface area contributed by atoms with Crippen molar-refractivity contribution in [3.05, 3.63) is 29.3 Å². The summed E-state index contributed by atoms with van der Waals surface area (Å²) in [6, 6.07) is 6.04. The van der Waals surface area contributed by atoms with E-state index < -0.39 is 16.6 Å². The van der Waals surface area contributed by atoms with Gasteiger partial charge in [-0.1, -0.05) is 89.7 Å². The average Bonchev–Trinajstić information content (AvgIpc) is 2.66. The molecule has 0 bridgehead atoms. The molecule has 1 rings (SSSR count). The van der Waals surface area contributed by atoms with Crippen LogP contribution in [0.4, 0.5) is 0 Å². The summed E-state index contributed by atoms with van der Waals surface area (Å²) in [5.74, 6) is 0.510. The van der Waals surface area contributed by atoms with Crippen LogP contribution < -0.4 is 4.43 Å². The summed E-state index contributed by atoms with van der Waals surface area (Å²) in [6.07, 6.45) is 17.0. The molecule has 0 aliphatic heterocycles. The van der Waals surface area contributed by atoms with Crippen LogP contribution in [-0.2, 0) is 10.8 Å². The van der Waals surface area contributed by atoms with Crippen LogP contribution in [0.3, 0.4) is 0 Å². The van der Waals surface area contributed by atoms with Gasteiger partial charge in [0.1, 0.15) is 11.3 Å². The summed E-state index contributed by atoms with van der Waals surface area (Å²) in [5, 5.41) is 0. The summed E-state index contributed by atoms with van der Waals surface area (Å²) in [6.45, 7) is 14.9. The van der Waals surface area contributed by atoms with E-state index in [1.54, 1.807) is 0 Å². The monoisotopic (exact) mass is 478 g/mol. The number of carbonyl (C=O) groups is 1. The van der Waals surface area contributed by atoms with E-state index >= 15 is 0 Å². The van der Waals surface area contributed by atoms with Crippen molar-refractivity contribution in [3.8, 4) is 5.75 Å². The third-order valence-corrected chi connectivity index (χ3v) is 7.06. The minimum absolute atomic E-state index is 0.202. The quantitative estimate of drug-likeness (QED) is 0.165. The van der Waals surface area contributed by atoms with E-state index in [-0.39, 0.29) is 5.97 Å². The lowest BCUT2D eigenvalue weighted by Crippen LogP contribution is -2.32. The molecule has 1 aromatic carbocycles. The maximum Gasteiger partial charge on any atom is 0.328 e. The fraction of sp³-hybridized carbons (Fsp3) is 0.741. The number of hydrogen-bond acceptors (Lipinski definition) is 3. The van der Waals surface area contributed by atoms with Crippen LogP contribution in [0.15, 0.2) is 18.2 Å². The van der Waals surface area contributed by atoms with Crippen LogP contribution in [-0.4, -0.2) is 22.6 Å². The summed E-state index contributed by atoms with van der Waals surface area (Å²) in [5.41, 5.74) is 1.75. The first-order valence-electron chi connectivity index (χ1n) is 13.1. The molecule has 0 fully saturated rings. The molecule has 32 heavy (non-hydrogen) atoms. The molecular formula is C27H50O3Si2. The molecule has 1 aromatic rings. The van der Waals surface area contributed by atoms with Gasteiger partial charge >= 0.3 is 5.97 Å². The van der Waals surface area contributed by atoms with Gasteiger partial charge in [-0.25, -0.2) is 4.79 Å². The Morgan fingerprint density at radius 1 is 0.719 bits per heavy atom. The van der Waals surface area contributed by atoms with E-state index in [2.05, 4.69) is 52.3 Å². The third-order valence-electron chi connectivity index (χ3n) is 5.43. The number of carbonyl (C=O) groups excluding carboxylic acids is 1. The van der Waals surface area contributed by atoms with Crippen molar-refractivity contribution in [2.45, 2.75) is 130 Å². The molecule has 0 radical (unpaired) electrons. The van der Waals surface area contributed by atoms with Crippen molar-refractivity contribution in [1.82, 2.24) is 0 Å². The fourth-order valence-corrected chi connectivity index (χ4v) is 5.41. The van der Waals surface area contributed by atoms with E-state index in [0.717, 1.165) is 18.4 Å². The van der Waals surface area contributed by atoms with E-state index in [4.69, 9.17) is 8.85 Å². The van der Waals surface area contributed by atoms with Crippen molar-refractivity contribution < 1.29 is 13.6 Å². The second-order valence-corrected chi connectivity index (χ2v) is 20.0. The SMILES string of the molecule is CCCCCCCCCCCCCCc1cccc(O[Si](C)(C)C)c1C(=O)O[Si](C)(C)C. The molecular weight excluding hydrogens is 428 g/mol. The highest BCUT2D eigenvalue weighted by Crippen LogP contribution is 2.28. The Bertz CT molecular complexity index is 660. The predicted molar refractivity (Wildman–Crippen MR) is 144 cm³/mol. The lowest BCUT2D eigenvalue weighted by Gasteiger charge is -2.24. The van der Waals surface area contributed by atoms with Crippen LogP contribution in [0.5, 0.6) is 5.75 Å². The van der Waals surface area contributed by atoms with Gasteiger partial charge in [0.05, 0.1) is 0 Å². The van der Waals surface area contributed by atoms with Crippen molar-refractivity contribution in [3.63, 3.8) is 0 Å². The fourth-order valence-electron chi connectivity index (χ4n) is 3.92. The predicted octanol–water partition coefficient (Wildman–Crippen LogP) is 9.14. The van der Waals surface area contributed by atoms with Crippen LogP contribution in [0.2, 0.25) is 39.3 Å². The molecule has 5 heteroatoms. The Morgan fingerprint density at radius 3 is 1.69 bits per heavy atom. The first-order chi connectivity index (χ1) is 15.0. The molecule has 0 amide bonds. The summed E-state index contributed by atoms with van der Waals surface area (Å²) in [7, 11) is -3.79. The smallest absolute Gasteiger partial charge is 0.328 e. The van der Waals surface area contributed by atoms with Gasteiger partial charge in [0.25, 0.3) is 0 Å². The standard InChI is InChI=1S/C27H50O3Si2/c1-8-9-10-11-12-13-14-15-16-17-18-19-21-24-22-20-23-25(29-31(2,3)4)26(24)27(28)30-32(5,6)7/h20,22-23H,8-19,21H2,1-7H3. The average molecular weight is 479 g/mol. The molecule has 0 unspecified atom stereocenters. The zero-order valence-electron chi connectivity index (χ0n) is 22.1. The van der Waals surface area contributed by atoms with E-state index in [1.807, 2.05) is 12.1 Å². The van der Waals surface area contributed by atoms with Gasteiger partial charge in [-0.3, -0.25) is 0 Å². The molecule has 0 saturated heterocycles. The highest BCUT2D eigenvalue weighted by molar-refractivity contribution is 6.71. The number of hydrogen-bond donors (Lipinski definition) is 0. The van der Waals surface area contributed by atoms with Crippen molar-refractivity contribution in [1.29, 1.82) is 0 Å². The van der Waals surface area contributed by atoms with Crippen molar-refractivity contribution in [2.75, 3.05) is 0 Å². The minimum atomic E-state index is -1.97. The second-order valence-electron chi connectivity index (χ2n) is 11.1. The van der Waals surface area contributed by atoms with Gasteiger partial charge in [-0.2, -0.15) is 0 Å². The molecule has 3 nitrogen and oxygen atoms in total. The maximum absolute atomic E-state index is 13.1. The molecule has 0 N–H and O–H groups in total. The number of benzene rings is 1. The Hall–Kier alpha value is -1.08. The van der Waals surface area contributed by atoms with Gasteiger partial charge in [0.15, 0.2) is 0 Å². The molecule has 0 saturated carbocycles. The molecule has 0 spiro atoms. The van der Waals surface area contributed by atoms with E-state index in [1.165, 1.54) is 70.6 Å². The molecule has 0 heterocycles. The summed E-state index contributed by atoms with van der Waals surface area (Å²) in [4.78, 5) is 13.1. The second kappa shape index (κ2) is 14.9. The summed E-state index contributed by atoms with van der Waals surface area (Å²) < 4.78 is 12.1. The first-order valence-corrected chi connectivity index (χ1v) is 19.9. The minimum Gasteiger partial charge on any atom is -0.544 e. The van der Waals surface area contributed by atoms with Crippen LogP contribution >= 0.6 is 0 Å². The van der Waals surface area contributed by atoms with Crippen LogP contribution in [0.1, 0.15) is 99.9 Å². The van der Waals surface area contributed by atoms with Crippen LogP contribution in [0.25, 0.3) is 0 Å². The van der Waals surface area contributed by atoms with E-state index in [0.29, 0.717) is 11.3 Å². The zero-order chi connectivity index (χ0) is 24.0. The Balaban J connectivity index is 2.52. The number of unbranched alkanes of at least 4 members (excludes halogenated alkanes) is 11. The molecule has 184 valence electrons. The molecule has 0 atom stereocenters. The lowest BCUT2D eigenvalue weighted by molar-refractivity contribution is 0.0721. The topological polar surface area (TPSA) is 35.5 Å². The number of aryl methyl sites for hydroxylation is 1. The largest absolute Gasteiger partial charge is 0.544 e. The highest BCUT2D eigenvalue weighted by atomic mass is 28.4. The lowest BCUT2D eigenvalue weighted by atomic mass is 9.99. The maximum atomic E-state index is 13.1. The Kier molecular flexibility index (Phi) is 13.5. The third kappa shape index (κ3) is 13.5. The van der Waals surface area contributed by atoms with Crippen molar-refractivity contribution >= 4 is 22.6 Å². The van der Waals surface area contributed by atoms with Crippen LogP contribution in [0, 0.1) is 0 Å². The van der Waals surface area contributed by atoms with Crippen molar-refractivity contribution in [2.24, 2.45) is 0 Å². The first kappa shape index (κ1) is 29.0. The van der Waals surface area contributed by atoms with Gasteiger partial charge in [0, 0.05) is 0 Å². The molecule has 0 aliphatic carbocycles. The molecule has 0 aliphatic rings.